The van der Waals surface area contributed by atoms with Crippen LogP contribution in [0.4, 0.5) is 0 Å². The van der Waals surface area contributed by atoms with Gasteiger partial charge in [-0.3, -0.25) is 0 Å². The largest absolute Gasteiger partial charge is 0.208 e. The van der Waals surface area contributed by atoms with Crippen LogP contribution in [-0.2, 0) is 19.6 Å². The number of hydrogen-bond acceptors (Lipinski definition) is 6. The zero-order valence-corrected chi connectivity index (χ0v) is 18.9. The molecule has 0 saturated carbocycles. The molecule has 1 heterocycles. The molecule has 3 aromatic carbocycles. The molecule has 0 amide bonds. The van der Waals surface area contributed by atoms with Gasteiger partial charge >= 0.3 is 0 Å². The molecule has 0 saturated heterocycles. The lowest BCUT2D eigenvalue weighted by Crippen LogP contribution is -2.00. The Morgan fingerprint density at radius 3 is 0.917 bits per heavy atom. The number of rotatable bonds is 9. The monoisotopic (exact) mass is 474 g/mol. The second-order valence-electron chi connectivity index (χ2n) is 7.56. The molecule has 0 aliphatic carbocycles. The zero-order valence-electron chi connectivity index (χ0n) is 18.9. The van der Waals surface area contributed by atoms with E-state index in [-0.39, 0.29) is 19.6 Å². The summed E-state index contributed by atoms with van der Waals surface area (Å²) < 4.78 is 0. The average Bonchev–Trinajstić information content (AvgIpc) is 2.94. The zero-order chi connectivity index (χ0) is 25.2. The molecule has 0 unspecified atom stereocenters. The highest BCUT2D eigenvalue weighted by Crippen LogP contribution is 2.26. The number of azide groups is 3. The van der Waals surface area contributed by atoms with E-state index >= 15 is 0 Å². The fraction of sp³-hybridized carbons (Fsp3) is 0.125. The molecule has 0 fully saturated rings. The van der Waals surface area contributed by atoms with E-state index in [2.05, 4.69) is 30.1 Å². The predicted molar refractivity (Wildman–Crippen MR) is 135 cm³/mol. The lowest BCUT2D eigenvalue weighted by Gasteiger charge is -2.09. The number of benzene rings is 3. The standard InChI is InChI=1S/C24H18N12/c25-34-28-13-16-1-7-19(8-2-16)22-31-23(20-9-3-17(4-10-20)14-29-35-26)33-24(32-22)21-11-5-18(6-12-21)15-30-36-27/h1-12H,13-15H2. The van der Waals surface area contributed by atoms with E-state index in [4.69, 9.17) is 31.5 Å². The van der Waals surface area contributed by atoms with Gasteiger partial charge in [0.05, 0.1) is 19.6 Å². The van der Waals surface area contributed by atoms with E-state index in [1.54, 1.807) is 0 Å². The van der Waals surface area contributed by atoms with Crippen molar-refractivity contribution >= 4 is 0 Å². The van der Waals surface area contributed by atoms with Crippen LogP contribution in [0.3, 0.4) is 0 Å². The molecular weight excluding hydrogens is 456 g/mol. The van der Waals surface area contributed by atoms with Gasteiger partial charge in [0.25, 0.3) is 0 Å². The van der Waals surface area contributed by atoms with Crippen LogP contribution in [0.1, 0.15) is 16.7 Å². The van der Waals surface area contributed by atoms with E-state index in [9.17, 15) is 0 Å². The van der Waals surface area contributed by atoms with Crippen molar-refractivity contribution in [1.82, 2.24) is 15.0 Å². The summed E-state index contributed by atoms with van der Waals surface area (Å²) in [5, 5.41) is 10.8. The van der Waals surface area contributed by atoms with Gasteiger partial charge in [-0.15, -0.1) is 0 Å². The van der Waals surface area contributed by atoms with E-state index < -0.39 is 0 Å². The van der Waals surface area contributed by atoms with Gasteiger partial charge < -0.3 is 0 Å². The van der Waals surface area contributed by atoms with Crippen molar-refractivity contribution in [3.63, 3.8) is 0 Å². The number of aromatic nitrogens is 3. The Balaban J connectivity index is 1.75. The average molecular weight is 474 g/mol. The molecular formula is C24H18N12. The van der Waals surface area contributed by atoms with Gasteiger partial charge in [-0.2, -0.15) is 0 Å². The van der Waals surface area contributed by atoms with E-state index in [1.807, 2.05) is 72.8 Å². The lowest BCUT2D eigenvalue weighted by atomic mass is 10.1. The van der Waals surface area contributed by atoms with Gasteiger partial charge in [0.1, 0.15) is 0 Å². The molecule has 4 aromatic rings. The summed E-state index contributed by atoms with van der Waals surface area (Å²) in [7, 11) is 0. The smallest absolute Gasteiger partial charge is 0.164 e. The van der Waals surface area contributed by atoms with Crippen molar-refractivity contribution in [2.24, 2.45) is 15.3 Å². The minimum absolute atomic E-state index is 0.259. The first kappa shape index (κ1) is 23.7. The lowest BCUT2D eigenvalue weighted by molar-refractivity contribution is 1.04. The van der Waals surface area contributed by atoms with Crippen LogP contribution >= 0.6 is 0 Å². The predicted octanol–water partition coefficient (Wildman–Crippen LogP) is 7.30. The van der Waals surface area contributed by atoms with Crippen molar-refractivity contribution in [2.75, 3.05) is 0 Å². The van der Waals surface area contributed by atoms with Gasteiger partial charge in [-0.1, -0.05) is 88.1 Å². The Bertz CT molecular complexity index is 1300. The van der Waals surface area contributed by atoms with Crippen molar-refractivity contribution in [3.8, 4) is 34.2 Å². The highest BCUT2D eigenvalue weighted by molar-refractivity contribution is 5.66. The molecule has 12 heteroatoms. The minimum Gasteiger partial charge on any atom is -0.208 e. The Labute approximate surface area is 205 Å². The van der Waals surface area contributed by atoms with Crippen molar-refractivity contribution in [3.05, 3.63) is 121 Å². The van der Waals surface area contributed by atoms with Gasteiger partial charge in [0.15, 0.2) is 17.5 Å². The van der Waals surface area contributed by atoms with Crippen LogP contribution in [0.25, 0.3) is 65.5 Å². The van der Waals surface area contributed by atoms with Gasteiger partial charge in [0.2, 0.25) is 0 Å². The van der Waals surface area contributed by atoms with Crippen LogP contribution in [0, 0.1) is 0 Å². The molecule has 0 bridgehead atoms. The maximum atomic E-state index is 8.55. The highest BCUT2D eigenvalue weighted by Gasteiger charge is 2.12. The van der Waals surface area contributed by atoms with Crippen LogP contribution in [0.2, 0.25) is 0 Å². The van der Waals surface area contributed by atoms with Crippen LogP contribution in [0.5, 0.6) is 0 Å². The Morgan fingerprint density at radius 2 is 0.694 bits per heavy atom. The first-order valence-electron chi connectivity index (χ1n) is 10.8. The molecule has 174 valence electrons. The van der Waals surface area contributed by atoms with Crippen LogP contribution < -0.4 is 0 Å². The molecule has 0 aliphatic heterocycles. The normalized spacial score (nSPS) is 10.0. The first-order chi connectivity index (χ1) is 17.7. The fourth-order valence-corrected chi connectivity index (χ4v) is 3.38. The fourth-order valence-electron chi connectivity index (χ4n) is 3.38. The first-order valence-corrected chi connectivity index (χ1v) is 10.8. The van der Waals surface area contributed by atoms with E-state index in [1.165, 1.54) is 0 Å². The summed E-state index contributed by atoms with van der Waals surface area (Å²) in [6.07, 6.45) is 0. The van der Waals surface area contributed by atoms with Crippen molar-refractivity contribution < 1.29 is 0 Å². The highest BCUT2D eigenvalue weighted by atomic mass is 15.1. The molecule has 0 N–H and O–H groups in total. The molecule has 36 heavy (non-hydrogen) atoms. The Hall–Kier alpha value is -5.40. The van der Waals surface area contributed by atoms with E-state index in [0.717, 1.165) is 33.4 Å². The van der Waals surface area contributed by atoms with Crippen molar-refractivity contribution in [1.29, 1.82) is 0 Å². The number of hydrogen-bond donors (Lipinski definition) is 0. The summed E-state index contributed by atoms with van der Waals surface area (Å²) in [5.74, 6) is 1.46. The van der Waals surface area contributed by atoms with Crippen molar-refractivity contribution in [2.45, 2.75) is 19.6 Å². The van der Waals surface area contributed by atoms with Gasteiger partial charge in [0, 0.05) is 31.4 Å². The quantitative estimate of drug-likeness (QED) is 0.140. The second-order valence-corrected chi connectivity index (χ2v) is 7.56. The number of nitrogens with zero attached hydrogens (tertiary/aromatic N) is 12. The maximum Gasteiger partial charge on any atom is 0.164 e. The molecule has 0 atom stereocenters. The van der Waals surface area contributed by atoms with Gasteiger partial charge in [-0.25, -0.2) is 15.0 Å². The second kappa shape index (κ2) is 11.6. The Morgan fingerprint density at radius 1 is 0.444 bits per heavy atom. The molecule has 12 nitrogen and oxygen atoms in total. The summed E-state index contributed by atoms with van der Waals surface area (Å²) in [4.78, 5) is 22.5. The SMILES string of the molecule is [N-]=[N+]=NCc1ccc(-c2nc(-c3ccc(CN=[N+]=[N-])cc3)nc(-c3ccc(CN=[N+]=[N-])cc3)n2)cc1. The van der Waals surface area contributed by atoms with Crippen LogP contribution in [0.15, 0.2) is 88.1 Å². The minimum atomic E-state index is 0.259. The summed E-state index contributed by atoms with van der Waals surface area (Å²) in [6.45, 7) is 0.776. The molecule has 0 spiro atoms. The third-order valence-corrected chi connectivity index (χ3v) is 5.22. The third kappa shape index (κ3) is 5.93. The summed E-state index contributed by atoms with van der Waals surface area (Å²) in [6, 6.07) is 22.4. The van der Waals surface area contributed by atoms with Crippen LogP contribution in [-0.4, -0.2) is 15.0 Å². The molecule has 0 aliphatic rings. The van der Waals surface area contributed by atoms with Gasteiger partial charge in [-0.05, 0) is 33.3 Å². The topological polar surface area (TPSA) is 185 Å². The maximum absolute atomic E-state index is 8.55. The Kier molecular flexibility index (Phi) is 7.68. The summed E-state index contributed by atoms with van der Waals surface area (Å²) >= 11 is 0. The molecule has 0 radical (unpaired) electrons. The molecule has 1 aromatic heterocycles. The summed E-state index contributed by atoms with van der Waals surface area (Å²) in [5.41, 5.74) is 30.6. The molecule has 4 rings (SSSR count). The van der Waals surface area contributed by atoms with E-state index in [0.29, 0.717) is 17.5 Å². The third-order valence-electron chi connectivity index (χ3n) is 5.22.